The average molecular weight is 312 g/mol. The molecule has 0 unspecified atom stereocenters. The molecule has 0 rings (SSSR count). The quantitative estimate of drug-likeness (QED) is 0.406. The lowest BCUT2D eigenvalue weighted by Crippen LogP contribution is -2.46. The van der Waals surface area contributed by atoms with Gasteiger partial charge in [-0.15, -0.1) is 0 Å². The van der Waals surface area contributed by atoms with E-state index in [2.05, 4.69) is 15.4 Å². The van der Waals surface area contributed by atoms with E-state index < -0.39 is 37.0 Å². The summed E-state index contributed by atoms with van der Waals surface area (Å²) in [5.41, 5.74) is 0. The van der Waals surface area contributed by atoms with Crippen molar-refractivity contribution in [3.05, 3.63) is 0 Å². The number of amides is 2. The molecule has 2 amide bonds. The molecular formula is C11H18F2N2O6. The number of urea groups is 1. The minimum atomic E-state index is -2.59. The normalized spacial score (nSPS) is 12.0. The van der Waals surface area contributed by atoms with E-state index in [1.54, 1.807) is 0 Å². The largest absolute Gasteiger partial charge is 0.481 e. The third-order valence-corrected chi connectivity index (χ3v) is 2.26. The summed E-state index contributed by atoms with van der Waals surface area (Å²) in [7, 11) is 0. The molecule has 0 aliphatic rings. The van der Waals surface area contributed by atoms with Gasteiger partial charge in [-0.25, -0.2) is 18.4 Å². The zero-order chi connectivity index (χ0) is 16.3. The first-order valence-electron chi connectivity index (χ1n) is 6.17. The highest BCUT2D eigenvalue weighted by Gasteiger charge is 2.19. The third-order valence-electron chi connectivity index (χ3n) is 2.26. The van der Waals surface area contributed by atoms with E-state index in [9.17, 15) is 23.2 Å². The Bertz CT molecular complexity index is 354. The Morgan fingerprint density at radius 1 is 1.19 bits per heavy atom. The first-order valence-corrected chi connectivity index (χ1v) is 6.17. The number of halogens is 2. The van der Waals surface area contributed by atoms with E-state index >= 15 is 0 Å². The van der Waals surface area contributed by atoms with Gasteiger partial charge in [0.05, 0.1) is 6.61 Å². The van der Waals surface area contributed by atoms with E-state index in [4.69, 9.17) is 10.2 Å². The van der Waals surface area contributed by atoms with Gasteiger partial charge >= 0.3 is 18.0 Å². The Hall–Kier alpha value is -1.97. The predicted molar refractivity (Wildman–Crippen MR) is 66.3 cm³/mol. The molecule has 0 spiro atoms. The molecule has 0 fully saturated rings. The van der Waals surface area contributed by atoms with Crippen molar-refractivity contribution < 1.29 is 38.1 Å². The van der Waals surface area contributed by atoms with Gasteiger partial charge in [0.1, 0.15) is 12.6 Å². The summed E-state index contributed by atoms with van der Waals surface area (Å²) in [6.07, 6.45) is -2.72. The van der Waals surface area contributed by atoms with Crippen molar-refractivity contribution in [3.63, 3.8) is 0 Å². The summed E-state index contributed by atoms with van der Waals surface area (Å²) in [5, 5.41) is 21.7. The van der Waals surface area contributed by atoms with Crippen LogP contribution in [0.15, 0.2) is 0 Å². The van der Waals surface area contributed by atoms with Crippen molar-refractivity contribution in [3.8, 4) is 0 Å². The van der Waals surface area contributed by atoms with E-state index in [1.807, 2.05) is 0 Å². The molecule has 0 aromatic carbocycles. The van der Waals surface area contributed by atoms with Gasteiger partial charge in [-0.05, 0) is 12.8 Å². The van der Waals surface area contributed by atoms with E-state index in [0.717, 1.165) is 0 Å². The summed E-state index contributed by atoms with van der Waals surface area (Å²) < 4.78 is 28.0. The number of carbonyl (C=O) groups is 3. The molecule has 0 saturated carbocycles. The van der Waals surface area contributed by atoms with Crippen molar-refractivity contribution in [2.75, 3.05) is 19.8 Å². The van der Waals surface area contributed by atoms with Crippen molar-refractivity contribution in [2.24, 2.45) is 0 Å². The Morgan fingerprint density at radius 3 is 2.38 bits per heavy atom. The molecule has 0 saturated heterocycles. The number of hydrogen-bond donors (Lipinski definition) is 4. The second-order valence-corrected chi connectivity index (χ2v) is 4.04. The fraction of sp³-hybridized carbons (Fsp3) is 0.727. The lowest BCUT2D eigenvalue weighted by atomic mass is 10.1. The minimum absolute atomic E-state index is 0.0308. The molecular weight excluding hydrogens is 294 g/mol. The van der Waals surface area contributed by atoms with E-state index in [1.165, 1.54) is 0 Å². The van der Waals surface area contributed by atoms with Crippen LogP contribution in [0.3, 0.4) is 0 Å². The molecule has 4 N–H and O–H groups in total. The summed E-state index contributed by atoms with van der Waals surface area (Å²) in [6.45, 7) is -0.926. The van der Waals surface area contributed by atoms with Gasteiger partial charge in [0.25, 0.3) is 6.43 Å². The van der Waals surface area contributed by atoms with Crippen LogP contribution >= 0.6 is 0 Å². The maximum Gasteiger partial charge on any atom is 0.326 e. The number of carboxylic acids is 2. The lowest BCUT2D eigenvalue weighted by molar-refractivity contribution is -0.140. The Balaban J connectivity index is 3.89. The molecule has 1 atom stereocenters. The number of carbonyl (C=O) groups excluding carboxylic acids is 1. The zero-order valence-corrected chi connectivity index (χ0v) is 11.2. The average Bonchev–Trinajstić information content (AvgIpc) is 2.36. The molecule has 0 aliphatic heterocycles. The molecule has 8 nitrogen and oxygen atoms in total. The number of ether oxygens (including phenoxy) is 1. The topological polar surface area (TPSA) is 125 Å². The monoisotopic (exact) mass is 312 g/mol. The molecule has 0 aromatic heterocycles. The van der Waals surface area contributed by atoms with Crippen LogP contribution in [0.2, 0.25) is 0 Å². The highest BCUT2D eigenvalue weighted by molar-refractivity contribution is 5.82. The SMILES string of the molecule is O=C(O)CCC[C@@H](NC(=O)NCCOCC(F)F)C(=O)O. The second-order valence-electron chi connectivity index (χ2n) is 4.04. The molecule has 0 aliphatic carbocycles. The number of alkyl halides is 2. The highest BCUT2D eigenvalue weighted by Crippen LogP contribution is 2.01. The van der Waals surface area contributed by atoms with Gasteiger partial charge in [-0.1, -0.05) is 0 Å². The van der Waals surface area contributed by atoms with Crippen LogP contribution < -0.4 is 10.6 Å². The number of nitrogens with one attached hydrogen (secondary N) is 2. The maximum atomic E-state index is 11.7. The predicted octanol–water partition coefficient (Wildman–Crippen LogP) is 0.275. The van der Waals surface area contributed by atoms with Crippen molar-refractivity contribution in [1.82, 2.24) is 10.6 Å². The van der Waals surface area contributed by atoms with Crippen molar-refractivity contribution in [1.29, 1.82) is 0 Å². The van der Waals surface area contributed by atoms with Gasteiger partial charge in [0.2, 0.25) is 0 Å². The van der Waals surface area contributed by atoms with Crippen LogP contribution in [0, 0.1) is 0 Å². The highest BCUT2D eigenvalue weighted by atomic mass is 19.3. The standard InChI is InChI=1S/C11H18F2N2O6/c12-8(13)6-21-5-4-14-11(20)15-7(10(18)19)2-1-3-9(16)17/h7-8H,1-6H2,(H,16,17)(H,18,19)(H2,14,15,20)/t7-/m1/s1. The Labute approximate surface area is 119 Å². The van der Waals surface area contributed by atoms with Crippen molar-refractivity contribution >= 4 is 18.0 Å². The van der Waals surface area contributed by atoms with Gasteiger partial charge in [0.15, 0.2) is 0 Å². The summed E-state index contributed by atoms with van der Waals surface area (Å²) in [6, 6.07) is -2.01. The van der Waals surface area contributed by atoms with Crippen molar-refractivity contribution in [2.45, 2.75) is 31.7 Å². The van der Waals surface area contributed by atoms with Crippen LogP contribution in [0.1, 0.15) is 19.3 Å². The molecule has 122 valence electrons. The fourth-order valence-corrected chi connectivity index (χ4v) is 1.33. The third kappa shape index (κ3) is 11.5. The summed E-state index contributed by atoms with van der Waals surface area (Å²) in [5.74, 6) is -2.34. The van der Waals surface area contributed by atoms with Gasteiger partial charge in [-0.3, -0.25) is 4.79 Å². The molecule has 0 radical (unpaired) electrons. The fourth-order valence-electron chi connectivity index (χ4n) is 1.33. The minimum Gasteiger partial charge on any atom is -0.481 e. The Kier molecular flexibility index (Phi) is 9.76. The molecule has 0 heterocycles. The van der Waals surface area contributed by atoms with Crippen LogP contribution in [0.4, 0.5) is 13.6 Å². The van der Waals surface area contributed by atoms with Gasteiger partial charge in [-0.2, -0.15) is 0 Å². The zero-order valence-electron chi connectivity index (χ0n) is 11.2. The molecule has 21 heavy (non-hydrogen) atoms. The summed E-state index contributed by atoms with van der Waals surface area (Å²) in [4.78, 5) is 32.5. The molecule has 0 aromatic rings. The van der Waals surface area contributed by atoms with Crippen LogP contribution in [0.5, 0.6) is 0 Å². The van der Waals surface area contributed by atoms with Gasteiger partial charge in [0, 0.05) is 13.0 Å². The number of rotatable bonds is 11. The van der Waals surface area contributed by atoms with Crippen LogP contribution in [-0.4, -0.2) is 60.4 Å². The van der Waals surface area contributed by atoms with Crippen LogP contribution in [-0.2, 0) is 14.3 Å². The summed E-state index contributed by atoms with van der Waals surface area (Å²) >= 11 is 0. The van der Waals surface area contributed by atoms with Gasteiger partial charge < -0.3 is 25.6 Å². The van der Waals surface area contributed by atoms with Crippen LogP contribution in [0.25, 0.3) is 0 Å². The maximum absolute atomic E-state index is 11.7. The van der Waals surface area contributed by atoms with E-state index in [-0.39, 0.29) is 32.4 Å². The number of aliphatic carboxylic acids is 2. The first kappa shape index (κ1) is 19.0. The lowest BCUT2D eigenvalue weighted by Gasteiger charge is -2.14. The molecule has 10 heteroatoms. The Morgan fingerprint density at radius 2 is 1.86 bits per heavy atom. The first-order chi connectivity index (χ1) is 9.82. The van der Waals surface area contributed by atoms with E-state index in [0.29, 0.717) is 0 Å². The second kappa shape index (κ2) is 10.8. The molecule has 0 bridgehead atoms. The number of hydrogen-bond acceptors (Lipinski definition) is 4. The number of carboxylic acid groups (broad SMARTS) is 2. The smallest absolute Gasteiger partial charge is 0.326 e.